The molecule has 5 rings (SSSR count). The summed E-state index contributed by atoms with van der Waals surface area (Å²) < 4.78 is 0. The van der Waals surface area contributed by atoms with E-state index >= 15 is 0 Å². The number of anilines is 1. The summed E-state index contributed by atoms with van der Waals surface area (Å²) in [4.78, 5) is 10.8. The Hall–Kier alpha value is -3.40. The molecule has 2 heterocycles. The Morgan fingerprint density at radius 2 is 1.43 bits per heavy atom. The van der Waals surface area contributed by atoms with Crippen LogP contribution in [0.25, 0.3) is 16.6 Å². The van der Waals surface area contributed by atoms with Crippen molar-refractivity contribution in [3.05, 3.63) is 96.4 Å². The lowest BCUT2D eigenvalue weighted by Crippen LogP contribution is -2.24. The summed E-state index contributed by atoms with van der Waals surface area (Å²) >= 11 is 0. The lowest BCUT2D eigenvalue weighted by molar-refractivity contribution is 0.308. The molecule has 0 amide bonds. The minimum absolute atomic E-state index is 0.272. The number of aryl methyl sites for hydroxylation is 2. The third kappa shape index (κ3) is 9.58. The maximum atomic E-state index is 4.42. The topological polar surface area (TPSA) is 41.1 Å². The number of rotatable bonds is 5. The van der Waals surface area contributed by atoms with E-state index in [-0.39, 0.29) is 6.04 Å². The Kier molecular flexibility index (Phi) is 14.5. The molecule has 2 unspecified atom stereocenters. The van der Waals surface area contributed by atoms with Crippen LogP contribution < -0.4 is 10.2 Å². The van der Waals surface area contributed by atoms with Gasteiger partial charge >= 0.3 is 0 Å². The van der Waals surface area contributed by atoms with Crippen LogP contribution in [0.4, 0.5) is 5.82 Å². The standard InChI is InChI=1S/C17H21N.C11H13N3.C8H16.C2H6/c1-5-14-15(6-2)17(18-16(14)7-3)13-10-8-12(4)9-11-13;1-8-12-10-7-5-4-6-9(10)11(13-8)14(2)3;1-7-3-5-8(2)6-4-7;1-2/h5,7-11,14,16,18H,1,3,6H2,2,4H3;4-7H,1-3H3;7-8H,3-6H2,1-2H3;1-2H3. The van der Waals surface area contributed by atoms with Crippen LogP contribution >= 0.6 is 0 Å². The molecule has 3 aromatic rings. The summed E-state index contributed by atoms with van der Waals surface area (Å²) in [5.41, 5.74) is 6.24. The monoisotopic (exact) mass is 568 g/mol. The van der Waals surface area contributed by atoms with Gasteiger partial charge in [0.25, 0.3) is 0 Å². The van der Waals surface area contributed by atoms with Gasteiger partial charge in [-0.15, -0.1) is 13.2 Å². The second-order valence-corrected chi connectivity index (χ2v) is 11.7. The SMILES string of the molecule is C=CC1NC(c2ccc(C)cc2)=C(CC)C1C=C.CC.CC1CCC(C)CC1.Cc1nc(N(C)C)c2ccccc2n1. The number of fused-ring (bicyclic) bond motifs is 1. The van der Waals surface area contributed by atoms with Gasteiger partial charge in [-0.1, -0.05) is 114 Å². The number of nitrogens with zero attached hydrogens (tertiary/aromatic N) is 3. The smallest absolute Gasteiger partial charge is 0.139 e. The normalized spacial score (nSPS) is 21.0. The van der Waals surface area contributed by atoms with Crippen molar-refractivity contribution in [2.75, 3.05) is 19.0 Å². The van der Waals surface area contributed by atoms with Crippen LogP contribution in [-0.4, -0.2) is 30.1 Å². The van der Waals surface area contributed by atoms with Crippen LogP contribution in [0.2, 0.25) is 0 Å². The van der Waals surface area contributed by atoms with E-state index in [0.29, 0.717) is 5.92 Å². The van der Waals surface area contributed by atoms with Gasteiger partial charge in [-0.3, -0.25) is 0 Å². The van der Waals surface area contributed by atoms with Crippen LogP contribution in [0, 0.1) is 31.6 Å². The fraction of sp³-hybridized carbons (Fsp3) is 0.474. The molecule has 0 radical (unpaired) electrons. The van der Waals surface area contributed by atoms with Gasteiger partial charge in [0, 0.05) is 31.1 Å². The van der Waals surface area contributed by atoms with E-state index in [0.717, 1.165) is 40.8 Å². The molecule has 1 fully saturated rings. The minimum atomic E-state index is 0.272. The third-order valence-corrected chi connectivity index (χ3v) is 8.07. The Morgan fingerprint density at radius 3 is 1.93 bits per heavy atom. The van der Waals surface area contributed by atoms with Crippen LogP contribution in [0.5, 0.6) is 0 Å². The molecule has 2 aromatic carbocycles. The first-order valence-corrected chi connectivity index (χ1v) is 15.9. The summed E-state index contributed by atoms with van der Waals surface area (Å²) in [6, 6.07) is 17.0. The van der Waals surface area contributed by atoms with Gasteiger partial charge in [-0.05, 0) is 55.4 Å². The highest BCUT2D eigenvalue weighted by Crippen LogP contribution is 2.35. The zero-order valence-electron chi connectivity index (χ0n) is 27.9. The molecule has 2 aliphatic rings. The first-order chi connectivity index (χ1) is 20.2. The van der Waals surface area contributed by atoms with Crippen molar-refractivity contribution in [3.63, 3.8) is 0 Å². The predicted octanol–water partition coefficient (Wildman–Crippen LogP) is 9.94. The van der Waals surface area contributed by atoms with Crippen molar-refractivity contribution >= 4 is 22.4 Å². The van der Waals surface area contributed by atoms with E-state index < -0.39 is 0 Å². The summed E-state index contributed by atoms with van der Waals surface area (Å²) in [6.07, 6.45) is 10.9. The number of benzene rings is 2. The van der Waals surface area contributed by atoms with Crippen LogP contribution in [0.3, 0.4) is 0 Å². The molecule has 228 valence electrons. The molecule has 2 atom stereocenters. The highest BCUT2D eigenvalue weighted by atomic mass is 15.1. The Balaban J connectivity index is 0.000000228. The molecule has 4 nitrogen and oxygen atoms in total. The number of hydrogen-bond acceptors (Lipinski definition) is 4. The third-order valence-electron chi connectivity index (χ3n) is 8.07. The van der Waals surface area contributed by atoms with Gasteiger partial charge in [0.05, 0.1) is 11.6 Å². The molecular formula is C38H56N4. The van der Waals surface area contributed by atoms with Gasteiger partial charge in [0.15, 0.2) is 0 Å². The molecule has 1 aliphatic heterocycles. The molecule has 0 bridgehead atoms. The zero-order valence-corrected chi connectivity index (χ0v) is 27.9. The Bertz CT molecular complexity index is 1270. The Morgan fingerprint density at radius 1 is 0.857 bits per heavy atom. The lowest BCUT2D eigenvalue weighted by Gasteiger charge is -2.22. The van der Waals surface area contributed by atoms with Crippen LogP contribution in [0.1, 0.15) is 83.7 Å². The largest absolute Gasteiger partial charge is 0.377 e. The molecule has 1 aromatic heterocycles. The highest BCUT2D eigenvalue weighted by Gasteiger charge is 2.29. The predicted molar refractivity (Wildman–Crippen MR) is 186 cm³/mol. The number of hydrogen-bond donors (Lipinski definition) is 1. The van der Waals surface area contributed by atoms with E-state index in [4.69, 9.17) is 0 Å². The van der Waals surface area contributed by atoms with Crippen LogP contribution in [-0.2, 0) is 0 Å². The average Bonchev–Trinajstić information content (AvgIpc) is 3.38. The van der Waals surface area contributed by atoms with Crippen molar-refractivity contribution in [2.24, 2.45) is 17.8 Å². The summed E-state index contributed by atoms with van der Waals surface area (Å²) in [7, 11) is 3.99. The summed E-state index contributed by atoms with van der Waals surface area (Å²) in [6.45, 7) is 22.8. The summed E-state index contributed by atoms with van der Waals surface area (Å²) in [5.74, 6) is 4.20. The van der Waals surface area contributed by atoms with Gasteiger partial charge in [0.1, 0.15) is 11.6 Å². The van der Waals surface area contributed by atoms with Crippen molar-refractivity contribution in [1.82, 2.24) is 15.3 Å². The Labute approximate surface area is 257 Å². The molecule has 1 saturated carbocycles. The quantitative estimate of drug-likeness (QED) is 0.311. The minimum Gasteiger partial charge on any atom is -0.377 e. The number of nitrogens with one attached hydrogen (secondary N) is 1. The van der Waals surface area contributed by atoms with Crippen LogP contribution in [0.15, 0.2) is 79.4 Å². The first kappa shape index (κ1) is 34.8. The number of aromatic nitrogens is 2. The zero-order chi connectivity index (χ0) is 31.2. The number of para-hydroxylation sites is 1. The molecule has 0 saturated heterocycles. The second-order valence-electron chi connectivity index (χ2n) is 11.7. The van der Waals surface area contributed by atoms with Crippen molar-refractivity contribution < 1.29 is 0 Å². The van der Waals surface area contributed by atoms with E-state index in [1.807, 2.05) is 76.2 Å². The average molecular weight is 569 g/mol. The van der Waals surface area contributed by atoms with Crippen molar-refractivity contribution in [2.45, 2.75) is 86.6 Å². The van der Waals surface area contributed by atoms with E-state index in [9.17, 15) is 0 Å². The maximum absolute atomic E-state index is 4.42. The fourth-order valence-electron chi connectivity index (χ4n) is 5.57. The van der Waals surface area contributed by atoms with Gasteiger partial charge in [-0.25, -0.2) is 9.97 Å². The summed E-state index contributed by atoms with van der Waals surface area (Å²) in [5, 5.41) is 4.67. The van der Waals surface area contributed by atoms with E-state index in [1.54, 1.807) is 0 Å². The second kappa shape index (κ2) is 17.5. The molecule has 4 heteroatoms. The van der Waals surface area contributed by atoms with Gasteiger partial charge in [-0.2, -0.15) is 0 Å². The van der Waals surface area contributed by atoms with Gasteiger partial charge in [0.2, 0.25) is 0 Å². The first-order valence-electron chi connectivity index (χ1n) is 15.9. The van der Waals surface area contributed by atoms with Gasteiger partial charge < -0.3 is 10.2 Å². The maximum Gasteiger partial charge on any atom is 0.139 e. The fourth-order valence-corrected chi connectivity index (χ4v) is 5.57. The molecule has 42 heavy (non-hydrogen) atoms. The van der Waals surface area contributed by atoms with E-state index in [1.165, 1.54) is 48.1 Å². The van der Waals surface area contributed by atoms with E-state index in [2.05, 4.69) is 80.4 Å². The molecule has 1 aliphatic carbocycles. The van der Waals surface area contributed by atoms with Crippen molar-refractivity contribution in [1.29, 1.82) is 0 Å². The highest BCUT2D eigenvalue weighted by molar-refractivity contribution is 5.89. The van der Waals surface area contributed by atoms with Crippen molar-refractivity contribution in [3.8, 4) is 0 Å². The molecule has 0 spiro atoms. The molecular weight excluding hydrogens is 512 g/mol. The molecule has 1 N–H and O–H groups in total. The lowest BCUT2D eigenvalue weighted by atomic mass is 9.84.